The first-order valence-corrected chi connectivity index (χ1v) is 9.48. The molecule has 0 aliphatic heterocycles. The molecule has 1 N–H and O–H groups in total. The molecule has 0 saturated carbocycles. The zero-order valence-electron chi connectivity index (χ0n) is 16.8. The van der Waals surface area contributed by atoms with E-state index in [-0.39, 0.29) is 16.3 Å². The summed E-state index contributed by atoms with van der Waals surface area (Å²) in [6, 6.07) is 4.23. The van der Waals surface area contributed by atoms with Crippen LogP contribution < -0.4 is 10.1 Å². The number of nitriles is 1. The number of carbonyl (C=O) groups excluding carboxylic acids is 1. The third kappa shape index (κ3) is 6.64. The van der Waals surface area contributed by atoms with Gasteiger partial charge in [0.15, 0.2) is 6.10 Å². The summed E-state index contributed by atoms with van der Waals surface area (Å²) in [7, 11) is 1.82. The number of hydrogen-bond acceptors (Lipinski definition) is 5. The maximum absolute atomic E-state index is 13.7. The summed E-state index contributed by atoms with van der Waals surface area (Å²) in [5.74, 6) is 0.115. The molecule has 0 aliphatic rings. The molecule has 0 saturated heterocycles. The first kappa shape index (κ1) is 22.5. The van der Waals surface area contributed by atoms with Crippen molar-refractivity contribution in [1.29, 1.82) is 5.26 Å². The highest BCUT2D eigenvalue weighted by Crippen LogP contribution is 2.31. The standard InChI is InChI=1S/C20H24ClFN4O3/c1-20(2,3)29-19(27)25-7-5-6-16(18-24-8-9-26(18)4)28-17-11-14(21)15(22)10-13(17)12-23/h8-11,16H,5-7H2,1-4H3,(H,25,27)/t16-/m1/s1. The van der Waals surface area contributed by atoms with Crippen molar-refractivity contribution < 1.29 is 18.7 Å². The number of alkyl carbamates (subject to hydrolysis) is 1. The van der Waals surface area contributed by atoms with Crippen LogP contribution in [0.1, 0.15) is 51.1 Å². The molecule has 1 amide bonds. The van der Waals surface area contributed by atoms with E-state index in [9.17, 15) is 14.4 Å². The number of ether oxygens (including phenoxy) is 2. The van der Waals surface area contributed by atoms with Gasteiger partial charge < -0.3 is 19.4 Å². The lowest BCUT2D eigenvalue weighted by molar-refractivity contribution is 0.0524. The largest absolute Gasteiger partial charge is 0.481 e. The second-order valence-electron chi connectivity index (χ2n) is 7.45. The van der Waals surface area contributed by atoms with Gasteiger partial charge in [-0.05, 0) is 39.7 Å². The third-order valence-corrected chi connectivity index (χ3v) is 4.16. The monoisotopic (exact) mass is 422 g/mol. The van der Waals surface area contributed by atoms with Crippen molar-refractivity contribution >= 4 is 17.7 Å². The van der Waals surface area contributed by atoms with Crippen molar-refractivity contribution in [3.05, 3.63) is 46.8 Å². The fraction of sp³-hybridized carbons (Fsp3) is 0.450. The Balaban J connectivity index is 2.08. The Morgan fingerprint density at radius 1 is 1.45 bits per heavy atom. The summed E-state index contributed by atoms with van der Waals surface area (Å²) in [4.78, 5) is 16.1. The molecule has 0 fully saturated rings. The molecular formula is C20H24ClFN4O3. The lowest BCUT2D eigenvalue weighted by atomic mass is 10.1. The van der Waals surface area contributed by atoms with Crippen LogP contribution in [0.3, 0.4) is 0 Å². The molecule has 2 rings (SSSR count). The molecule has 0 radical (unpaired) electrons. The molecule has 7 nitrogen and oxygen atoms in total. The first-order valence-electron chi connectivity index (χ1n) is 9.10. The minimum absolute atomic E-state index is 0.0398. The molecule has 1 aromatic carbocycles. The second-order valence-corrected chi connectivity index (χ2v) is 7.86. The van der Waals surface area contributed by atoms with E-state index in [1.165, 1.54) is 6.07 Å². The Labute approximate surface area is 174 Å². The number of halogens is 2. The van der Waals surface area contributed by atoms with Gasteiger partial charge in [-0.2, -0.15) is 5.26 Å². The average Bonchev–Trinajstić information content (AvgIpc) is 3.04. The van der Waals surface area contributed by atoms with Crippen LogP contribution in [-0.2, 0) is 11.8 Å². The molecule has 0 aliphatic carbocycles. The lowest BCUT2D eigenvalue weighted by Crippen LogP contribution is -2.33. The predicted molar refractivity (Wildman–Crippen MR) is 106 cm³/mol. The third-order valence-electron chi connectivity index (χ3n) is 3.87. The summed E-state index contributed by atoms with van der Waals surface area (Å²) in [6.45, 7) is 5.74. The predicted octanol–water partition coefficient (Wildman–Crippen LogP) is 4.51. The first-order chi connectivity index (χ1) is 13.6. The zero-order chi connectivity index (χ0) is 21.6. The van der Waals surface area contributed by atoms with E-state index in [0.29, 0.717) is 25.2 Å². The fourth-order valence-corrected chi connectivity index (χ4v) is 2.74. The van der Waals surface area contributed by atoms with Crippen LogP contribution in [0.15, 0.2) is 24.5 Å². The normalized spacial score (nSPS) is 12.2. The molecule has 9 heteroatoms. The van der Waals surface area contributed by atoms with E-state index in [0.717, 1.165) is 6.07 Å². The molecular weight excluding hydrogens is 399 g/mol. The minimum atomic E-state index is -0.689. The summed E-state index contributed by atoms with van der Waals surface area (Å²) < 4.78 is 26.6. The van der Waals surface area contributed by atoms with Crippen molar-refractivity contribution in [3.63, 3.8) is 0 Å². The van der Waals surface area contributed by atoms with Crippen LogP contribution in [0.25, 0.3) is 0 Å². The van der Waals surface area contributed by atoms with E-state index in [1.54, 1.807) is 37.7 Å². The molecule has 1 atom stereocenters. The van der Waals surface area contributed by atoms with Gasteiger partial charge in [-0.15, -0.1) is 0 Å². The van der Waals surface area contributed by atoms with Gasteiger partial charge in [0.05, 0.1) is 10.6 Å². The molecule has 1 heterocycles. The van der Waals surface area contributed by atoms with E-state index in [1.807, 2.05) is 13.1 Å². The summed E-state index contributed by atoms with van der Waals surface area (Å²) in [6.07, 6.45) is 3.43. The summed E-state index contributed by atoms with van der Waals surface area (Å²) in [5, 5.41) is 11.8. The highest BCUT2D eigenvalue weighted by atomic mass is 35.5. The fourth-order valence-electron chi connectivity index (χ4n) is 2.59. The van der Waals surface area contributed by atoms with Gasteiger partial charge in [-0.25, -0.2) is 14.2 Å². The van der Waals surface area contributed by atoms with Crippen LogP contribution in [0.4, 0.5) is 9.18 Å². The Hall–Kier alpha value is -2.79. The number of benzene rings is 1. The summed E-state index contributed by atoms with van der Waals surface area (Å²) in [5.41, 5.74) is -0.531. The number of hydrogen-bond donors (Lipinski definition) is 1. The van der Waals surface area contributed by atoms with Crippen molar-refractivity contribution in [2.45, 2.75) is 45.3 Å². The van der Waals surface area contributed by atoms with Gasteiger partial charge in [0, 0.05) is 32.1 Å². The van der Waals surface area contributed by atoms with Crippen LogP contribution in [0.5, 0.6) is 5.75 Å². The molecule has 0 bridgehead atoms. The van der Waals surface area contributed by atoms with Crippen LogP contribution in [0.2, 0.25) is 5.02 Å². The maximum Gasteiger partial charge on any atom is 0.407 e. The molecule has 156 valence electrons. The Bertz CT molecular complexity index is 902. The van der Waals surface area contributed by atoms with Gasteiger partial charge in [0.2, 0.25) is 0 Å². The Morgan fingerprint density at radius 3 is 2.76 bits per heavy atom. The number of nitrogens with one attached hydrogen (secondary N) is 1. The van der Waals surface area contributed by atoms with E-state index in [4.69, 9.17) is 21.1 Å². The zero-order valence-corrected chi connectivity index (χ0v) is 17.6. The van der Waals surface area contributed by atoms with Gasteiger partial charge in [0.25, 0.3) is 0 Å². The molecule has 29 heavy (non-hydrogen) atoms. The highest BCUT2D eigenvalue weighted by Gasteiger charge is 2.21. The maximum atomic E-state index is 13.7. The van der Waals surface area contributed by atoms with Crippen molar-refractivity contribution in [2.75, 3.05) is 6.54 Å². The second kappa shape index (κ2) is 9.61. The number of nitrogens with zero attached hydrogens (tertiary/aromatic N) is 3. The van der Waals surface area contributed by atoms with Crippen LogP contribution >= 0.6 is 11.6 Å². The van der Waals surface area contributed by atoms with E-state index in [2.05, 4.69) is 10.3 Å². The van der Waals surface area contributed by atoms with Crippen LogP contribution in [0, 0.1) is 17.1 Å². The quantitative estimate of drug-likeness (QED) is 0.663. The van der Waals surface area contributed by atoms with Gasteiger partial charge >= 0.3 is 6.09 Å². The smallest absolute Gasteiger partial charge is 0.407 e. The number of aromatic nitrogens is 2. The topological polar surface area (TPSA) is 89.2 Å². The minimum Gasteiger partial charge on any atom is -0.481 e. The van der Waals surface area contributed by atoms with Crippen molar-refractivity contribution in [2.24, 2.45) is 7.05 Å². The van der Waals surface area contributed by atoms with E-state index < -0.39 is 23.6 Å². The molecule has 0 unspecified atom stereocenters. The number of rotatable bonds is 7. The van der Waals surface area contributed by atoms with Gasteiger partial charge in [0.1, 0.15) is 29.1 Å². The van der Waals surface area contributed by atoms with Crippen molar-refractivity contribution in [1.82, 2.24) is 14.9 Å². The van der Waals surface area contributed by atoms with Crippen molar-refractivity contribution in [3.8, 4) is 11.8 Å². The average molecular weight is 423 g/mol. The lowest BCUT2D eigenvalue weighted by Gasteiger charge is -2.21. The van der Waals surface area contributed by atoms with Gasteiger partial charge in [-0.1, -0.05) is 11.6 Å². The number of imidazole rings is 1. The molecule has 1 aromatic heterocycles. The number of aryl methyl sites for hydroxylation is 1. The van der Waals surface area contributed by atoms with Crippen LogP contribution in [-0.4, -0.2) is 27.8 Å². The Morgan fingerprint density at radius 2 is 2.17 bits per heavy atom. The van der Waals surface area contributed by atoms with Gasteiger partial charge in [-0.3, -0.25) is 0 Å². The summed E-state index contributed by atoms with van der Waals surface area (Å²) >= 11 is 5.85. The highest BCUT2D eigenvalue weighted by molar-refractivity contribution is 6.30. The number of carbonyl (C=O) groups is 1. The number of amides is 1. The van der Waals surface area contributed by atoms with E-state index >= 15 is 0 Å². The Kier molecular flexibility index (Phi) is 7.46. The SMILES string of the molecule is Cn1ccnc1[C@@H](CCCNC(=O)OC(C)(C)C)Oc1cc(Cl)c(F)cc1C#N. The molecule has 0 spiro atoms. The molecule has 2 aromatic rings.